The van der Waals surface area contributed by atoms with E-state index < -0.39 is 5.97 Å². The fraction of sp³-hybridized carbons (Fsp3) is 0.200. The van der Waals surface area contributed by atoms with Gasteiger partial charge in [-0.25, -0.2) is 9.78 Å². The molecule has 3 rings (SSSR count). The van der Waals surface area contributed by atoms with Gasteiger partial charge in [-0.1, -0.05) is 24.3 Å². The molecule has 6 nitrogen and oxygen atoms in total. The van der Waals surface area contributed by atoms with Crippen LogP contribution >= 0.6 is 11.3 Å². The lowest BCUT2D eigenvalue weighted by atomic mass is 10.1. The summed E-state index contributed by atoms with van der Waals surface area (Å²) in [6, 6.07) is 14.9. The van der Waals surface area contributed by atoms with Crippen molar-refractivity contribution in [2.75, 3.05) is 20.2 Å². The van der Waals surface area contributed by atoms with Gasteiger partial charge in [-0.05, 0) is 23.6 Å². The standard InChI is InChI=1S/C20H17N3O3S/c1-23(10-5-9-21)19(24)13-26-20(25)15-12-17(18-8-4-11-27-18)22-16-7-3-2-6-14(15)16/h2-4,6-8,11-12H,5,10,13H2,1H3. The Bertz CT molecular complexity index is 1010. The third-order valence-electron chi connectivity index (χ3n) is 4.02. The van der Waals surface area contributed by atoms with E-state index in [0.29, 0.717) is 28.7 Å². The maximum atomic E-state index is 12.7. The second kappa shape index (κ2) is 8.43. The van der Waals surface area contributed by atoms with Crippen LogP contribution < -0.4 is 0 Å². The molecule has 0 spiro atoms. The molecule has 1 amide bonds. The number of carbonyl (C=O) groups excluding carboxylic acids is 2. The summed E-state index contributed by atoms with van der Waals surface area (Å²) in [5.41, 5.74) is 1.75. The van der Waals surface area contributed by atoms with Crippen LogP contribution in [0.2, 0.25) is 0 Å². The predicted molar refractivity (Wildman–Crippen MR) is 103 cm³/mol. The number of nitriles is 1. The fourth-order valence-electron chi connectivity index (χ4n) is 2.55. The summed E-state index contributed by atoms with van der Waals surface area (Å²) in [7, 11) is 1.57. The number of nitrogens with zero attached hydrogens (tertiary/aromatic N) is 3. The number of hydrogen-bond donors (Lipinski definition) is 0. The normalized spacial score (nSPS) is 10.4. The van der Waals surface area contributed by atoms with E-state index in [1.807, 2.05) is 41.8 Å². The number of pyridine rings is 1. The van der Waals surface area contributed by atoms with Gasteiger partial charge >= 0.3 is 5.97 Å². The van der Waals surface area contributed by atoms with E-state index in [2.05, 4.69) is 4.98 Å². The van der Waals surface area contributed by atoms with Gasteiger partial charge < -0.3 is 9.64 Å². The average molecular weight is 379 g/mol. The van der Waals surface area contributed by atoms with E-state index in [0.717, 1.165) is 4.88 Å². The van der Waals surface area contributed by atoms with E-state index in [-0.39, 0.29) is 18.9 Å². The number of aromatic nitrogens is 1. The predicted octanol–water partition coefficient (Wildman–Crippen LogP) is 3.49. The number of rotatable bonds is 6. The average Bonchev–Trinajstić information content (AvgIpc) is 3.23. The van der Waals surface area contributed by atoms with Crippen molar-refractivity contribution in [1.82, 2.24) is 9.88 Å². The number of benzene rings is 1. The highest BCUT2D eigenvalue weighted by Crippen LogP contribution is 2.28. The number of esters is 1. The minimum absolute atomic E-state index is 0.232. The number of carbonyl (C=O) groups is 2. The molecule has 1 aromatic carbocycles. The first kappa shape index (κ1) is 18.5. The van der Waals surface area contributed by atoms with Crippen molar-refractivity contribution in [3.05, 3.63) is 53.4 Å². The smallest absolute Gasteiger partial charge is 0.339 e. The Morgan fingerprint density at radius 2 is 2.07 bits per heavy atom. The monoisotopic (exact) mass is 379 g/mol. The van der Waals surface area contributed by atoms with Gasteiger partial charge in [0.2, 0.25) is 0 Å². The number of fused-ring (bicyclic) bond motifs is 1. The summed E-state index contributed by atoms with van der Waals surface area (Å²) >= 11 is 1.53. The topological polar surface area (TPSA) is 83.3 Å². The number of likely N-dealkylation sites (N-methyl/N-ethyl adjacent to an activating group) is 1. The van der Waals surface area contributed by atoms with Crippen molar-refractivity contribution >= 4 is 34.1 Å². The Balaban J connectivity index is 1.84. The molecule has 2 aromatic heterocycles. The molecule has 0 fully saturated rings. The van der Waals surface area contributed by atoms with E-state index in [9.17, 15) is 9.59 Å². The van der Waals surface area contributed by atoms with Crippen LogP contribution in [0, 0.1) is 11.3 Å². The molecule has 0 saturated heterocycles. The van der Waals surface area contributed by atoms with Crippen LogP contribution in [0.5, 0.6) is 0 Å². The van der Waals surface area contributed by atoms with Crippen molar-refractivity contribution < 1.29 is 14.3 Å². The van der Waals surface area contributed by atoms with Crippen LogP contribution in [0.15, 0.2) is 47.8 Å². The second-order valence-electron chi connectivity index (χ2n) is 5.85. The zero-order valence-corrected chi connectivity index (χ0v) is 15.5. The summed E-state index contributed by atoms with van der Waals surface area (Å²) in [4.78, 5) is 31.6. The summed E-state index contributed by atoms with van der Waals surface area (Å²) in [5, 5.41) is 11.2. The summed E-state index contributed by atoms with van der Waals surface area (Å²) in [6.45, 7) is -0.0701. The minimum atomic E-state index is -0.576. The lowest BCUT2D eigenvalue weighted by Crippen LogP contribution is -2.32. The molecule has 0 radical (unpaired) electrons. The molecule has 3 aromatic rings. The third kappa shape index (κ3) is 4.30. The van der Waals surface area contributed by atoms with Crippen LogP contribution in [-0.2, 0) is 9.53 Å². The zero-order valence-electron chi connectivity index (χ0n) is 14.7. The van der Waals surface area contributed by atoms with Crippen LogP contribution in [0.1, 0.15) is 16.8 Å². The molecule has 0 bridgehead atoms. The van der Waals surface area contributed by atoms with E-state index in [1.165, 1.54) is 16.2 Å². The molecular formula is C20H17N3O3S. The van der Waals surface area contributed by atoms with Gasteiger partial charge in [-0.2, -0.15) is 5.26 Å². The molecule has 0 saturated carbocycles. The Morgan fingerprint density at radius 1 is 1.26 bits per heavy atom. The zero-order chi connectivity index (χ0) is 19.2. The number of ether oxygens (including phenoxy) is 1. The number of amides is 1. The molecule has 7 heteroatoms. The molecule has 0 N–H and O–H groups in total. The summed E-state index contributed by atoms with van der Waals surface area (Å²) < 4.78 is 5.23. The Hall–Kier alpha value is -3.24. The van der Waals surface area contributed by atoms with Gasteiger partial charge in [0.1, 0.15) is 0 Å². The van der Waals surface area contributed by atoms with E-state index in [1.54, 1.807) is 19.2 Å². The van der Waals surface area contributed by atoms with Crippen LogP contribution in [0.25, 0.3) is 21.5 Å². The van der Waals surface area contributed by atoms with Crippen LogP contribution in [-0.4, -0.2) is 42.0 Å². The third-order valence-corrected chi connectivity index (χ3v) is 4.91. The molecule has 0 aliphatic heterocycles. The molecule has 0 aliphatic rings. The quantitative estimate of drug-likeness (QED) is 0.612. The highest BCUT2D eigenvalue weighted by molar-refractivity contribution is 7.13. The van der Waals surface area contributed by atoms with Crippen molar-refractivity contribution in [2.45, 2.75) is 6.42 Å². The molecule has 27 heavy (non-hydrogen) atoms. The largest absolute Gasteiger partial charge is 0.452 e. The maximum Gasteiger partial charge on any atom is 0.339 e. The Kier molecular flexibility index (Phi) is 5.79. The Morgan fingerprint density at radius 3 is 2.81 bits per heavy atom. The van der Waals surface area contributed by atoms with E-state index in [4.69, 9.17) is 10.00 Å². The van der Waals surface area contributed by atoms with Crippen molar-refractivity contribution in [1.29, 1.82) is 5.26 Å². The van der Waals surface area contributed by atoms with Gasteiger partial charge in [0.05, 0.1) is 34.1 Å². The highest BCUT2D eigenvalue weighted by Gasteiger charge is 2.18. The first-order valence-electron chi connectivity index (χ1n) is 8.32. The molecule has 0 atom stereocenters. The van der Waals surface area contributed by atoms with Crippen molar-refractivity contribution in [3.8, 4) is 16.6 Å². The molecule has 136 valence electrons. The molecular weight excluding hydrogens is 362 g/mol. The van der Waals surface area contributed by atoms with Crippen LogP contribution in [0.4, 0.5) is 0 Å². The molecule has 0 aliphatic carbocycles. The number of hydrogen-bond acceptors (Lipinski definition) is 6. The van der Waals surface area contributed by atoms with Gasteiger partial charge in [-0.3, -0.25) is 4.79 Å². The highest BCUT2D eigenvalue weighted by atomic mass is 32.1. The lowest BCUT2D eigenvalue weighted by Gasteiger charge is -2.15. The van der Waals surface area contributed by atoms with Gasteiger partial charge in [0, 0.05) is 19.0 Å². The molecule has 0 unspecified atom stereocenters. The first-order valence-corrected chi connectivity index (χ1v) is 9.20. The molecule has 2 heterocycles. The van der Waals surface area contributed by atoms with E-state index >= 15 is 0 Å². The maximum absolute atomic E-state index is 12.7. The fourth-order valence-corrected chi connectivity index (χ4v) is 3.24. The summed E-state index contributed by atoms with van der Waals surface area (Å²) in [5.74, 6) is -0.927. The summed E-state index contributed by atoms with van der Waals surface area (Å²) in [6.07, 6.45) is 0.232. The van der Waals surface area contributed by atoms with Gasteiger partial charge in [0.25, 0.3) is 5.91 Å². The van der Waals surface area contributed by atoms with Gasteiger partial charge in [0.15, 0.2) is 6.61 Å². The first-order chi connectivity index (χ1) is 13.1. The number of para-hydroxylation sites is 1. The Labute approximate surface area is 160 Å². The van der Waals surface area contributed by atoms with Crippen molar-refractivity contribution in [3.63, 3.8) is 0 Å². The lowest BCUT2D eigenvalue weighted by molar-refractivity contribution is -0.133. The van der Waals surface area contributed by atoms with Gasteiger partial charge in [-0.15, -0.1) is 11.3 Å². The SMILES string of the molecule is CN(CCC#N)C(=O)COC(=O)c1cc(-c2cccs2)nc2ccccc12. The van der Waals surface area contributed by atoms with Crippen molar-refractivity contribution in [2.24, 2.45) is 0 Å². The second-order valence-corrected chi connectivity index (χ2v) is 6.80. The minimum Gasteiger partial charge on any atom is -0.452 e. The van der Waals surface area contributed by atoms with Crippen LogP contribution in [0.3, 0.4) is 0 Å². The number of thiophene rings is 1.